The van der Waals surface area contributed by atoms with Gasteiger partial charge in [0, 0.05) is 9.40 Å². The van der Waals surface area contributed by atoms with Crippen molar-refractivity contribution in [3.63, 3.8) is 0 Å². The number of thiophene rings is 2. The molecule has 0 unspecified atom stereocenters. The first-order valence-electron chi connectivity index (χ1n) is 33.8. The fourth-order valence-corrected chi connectivity index (χ4v) is 23.8. The minimum absolute atomic E-state index is 0.183. The van der Waals surface area contributed by atoms with Gasteiger partial charge in [0.25, 0.3) is 0 Å². The average Bonchev–Trinajstić information content (AvgIpc) is 1.04. The Hall–Kier alpha value is -10.1. The van der Waals surface area contributed by atoms with Gasteiger partial charge >= 0.3 is 441 Å². The fraction of sp³-hybridized carbons (Fsp3) is 0.0652. The van der Waals surface area contributed by atoms with Gasteiger partial charge in [-0.2, -0.15) is 0 Å². The monoisotopic (exact) mass is 1420 g/mol. The molecule has 0 spiro atoms. The number of nitrogens with zero attached hydrogens (tertiary/aromatic N) is 2. The van der Waals surface area contributed by atoms with E-state index in [0.29, 0.717) is 0 Å². The van der Waals surface area contributed by atoms with Crippen LogP contribution in [0.3, 0.4) is 0 Å². The number of hydrogen-bond acceptors (Lipinski definition) is 4. The van der Waals surface area contributed by atoms with Crippen LogP contribution < -0.4 is 9.80 Å². The molecule has 6 heterocycles. The zero-order valence-corrected chi connectivity index (χ0v) is 59.3. The molecule has 19 aromatic rings. The molecule has 0 N–H and O–H groups in total. The van der Waals surface area contributed by atoms with Gasteiger partial charge in [-0.15, -0.1) is 22.7 Å². The van der Waals surface area contributed by atoms with Crippen LogP contribution in [0, 0.1) is 0 Å². The van der Waals surface area contributed by atoms with Gasteiger partial charge in [-0.3, -0.25) is 0 Å². The molecule has 0 saturated carbocycles. The van der Waals surface area contributed by atoms with Crippen molar-refractivity contribution in [2.24, 2.45) is 0 Å². The number of benzene rings is 15. The minimum atomic E-state index is -0.256. The first-order valence-corrected chi connectivity index (χ1v) is 38.9. The normalized spacial score (nSPS) is 14.0. The Morgan fingerprint density at radius 2 is 0.602 bits per heavy atom. The average molecular weight is 1420 g/mol. The second-order valence-electron chi connectivity index (χ2n) is 27.9. The van der Waals surface area contributed by atoms with Crippen LogP contribution >= 0.6 is 22.7 Å². The van der Waals surface area contributed by atoms with Crippen molar-refractivity contribution in [3.8, 4) is 44.5 Å². The molecule has 0 bridgehead atoms. The summed E-state index contributed by atoms with van der Waals surface area (Å²) < 4.78 is 11.0. The molecule has 0 atom stereocenters. The third-order valence-electron chi connectivity index (χ3n) is 21.8. The van der Waals surface area contributed by atoms with Crippen molar-refractivity contribution in [2.75, 3.05) is 9.80 Å². The van der Waals surface area contributed by atoms with E-state index >= 15 is 0 Å². The summed E-state index contributed by atoms with van der Waals surface area (Å²) in [5.74, 6) is 0. The Morgan fingerprint density at radius 1 is 0.235 bits per heavy atom. The predicted molar refractivity (Wildman–Crippen MR) is 427 cm³/mol. The standard InChI is InChI=1S/C92H60N2S2Se2/c1-91(2)73-25-13-15-27-77(73)93(79-51-87-69(49-75(79)91)61-23-11-17-29-85(61)97-87)59-35-37-63-71(47-59)89(57-33-41-83-67(45-57)65-43-55(31-39-81(65)95-83)53-19-7-5-8-20-53)64-38-36-60(48-72(64)90(63)58-34-42-84-68(46-58)66-44-56(32-40-82(66)96-84)54-21-9-6-10-22-54)94-78-28-16-14-26-74(78)92(3,4)76-50-70-62-24-12-18-30-86(62)98-88(70)52-80(76)94/h5-52H,1-4H3. The summed E-state index contributed by atoms with van der Waals surface area (Å²) in [6.07, 6.45) is 0. The summed E-state index contributed by atoms with van der Waals surface area (Å²) in [6, 6.07) is 112. The van der Waals surface area contributed by atoms with Crippen LogP contribution in [0.4, 0.5) is 34.1 Å². The van der Waals surface area contributed by atoms with E-state index in [1.807, 2.05) is 22.7 Å². The number of rotatable bonds is 6. The Kier molecular flexibility index (Phi) is 12.3. The van der Waals surface area contributed by atoms with Crippen LogP contribution in [-0.2, 0) is 10.8 Å². The van der Waals surface area contributed by atoms with Crippen molar-refractivity contribution in [2.45, 2.75) is 38.5 Å². The third kappa shape index (κ3) is 8.37. The molecular weight excluding hydrogens is 1360 g/mol. The second-order valence-corrected chi connectivity index (χ2v) is 34.6. The van der Waals surface area contributed by atoms with Crippen molar-refractivity contribution >= 4 is 186 Å². The SMILES string of the molecule is CC1(C)c2ccccc2N(c2ccc3c(-c4ccc5sc6ccc(-c7ccccc7)cc6c5c4)c4cc(N5c6ccccc6C(C)(C)c6cc7c(cc65)[se]c5ccccc57)ccc4c(-c4ccc5sc6ccc(-c7ccccc7)cc6c5c4)c3c2)c2cc3[se]c4ccccc4c3cc21. The summed E-state index contributed by atoms with van der Waals surface area (Å²) in [5, 5.41) is 15.5. The molecule has 2 aliphatic heterocycles. The summed E-state index contributed by atoms with van der Waals surface area (Å²) >= 11 is 4.15. The van der Waals surface area contributed by atoms with E-state index in [1.165, 1.54) is 190 Å². The summed E-state index contributed by atoms with van der Waals surface area (Å²) in [6.45, 7) is 9.73. The van der Waals surface area contributed by atoms with Crippen LogP contribution in [0.5, 0.6) is 0 Å². The van der Waals surface area contributed by atoms with Gasteiger partial charge in [-0.25, -0.2) is 0 Å². The van der Waals surface area contributed by atoms with Crippen LogP contribution in [0.1, 0.15) is 49.9 Å². The maximum absolute atomic E-state index is 2.61. The van der Waals surface area contributed by atoms with Crippen molar-refractivity contribution in [1.82, 2.24) is 0 Å². The van der Waals surface area contributed by atoms with Crippen LogP contribution in [0.25, 0.3) is 145 Å². The maximum atomic E-state index is 2.61. The zero-order chi connectivity index (χ0) is 64.9. The Morgan fingerprint density at radius 3 is 1.03 bits per heavy atom. The van der Waals surface area contributed by atoms with Crippen LogP contribution in [-0.4, -0.2) is 29.0 Å². The van der Waals surface area contributed by atoms with Crippen LogP contribution in [0.15, 0.2) is 291 Å². The number of hydrogen-bond donors (Lipinski definition) is 0. The van der Waals surface area contributed by atoms with E-state index in [1.54, 1.807) is 0 Å². The van der Waals surface area contributed by atoms with Gasteiger partial charge in [-0.1, -0.05) is 72.8 Å². The molecule has 0 amide bonds. The Bertz CT molecular complexity index is 6240. The molecule has 0 radical (unpaired) electrons. The molecule has 6 heteroatoms. The first kappa shape index (κ1) is 57.0. The molecule has 0 fully saturated rings. The molecule has 98 heavy (non-hydrogen) atoms. The van der Waals surface area contributed by atoms with Crippen molar-refractivity contribution in [1.29, 1.82) is 0 Å². The number of para-hydroxylation sites is 2. The molecule has 4 aromatic heterocycles. The van der Waals surface area contributed by atoms with E-state index < -0.39 is 0 Å². The second kappa shape index (κ2) is 21.2. The summed E-state index contributed by atoms with van der Waals surface area (Å²) in [7, 11) is 0. The summed E-state index contributed by atoms with van der Waals surface area (Å²) in [5.41, 5.74) is 21.9. The molecule has 21 rings (SSSR count). The number of anilines is 6. The fourth-order valence-electron chi connectivity index (χ4n) is 17.0. The Labute approximate surface area is 587 Å². The predicted octanol–water partition coefficient (Wildman–Crippen LogP) is 26.3. The van der Waals surface area contributed by atoms with Crippen molar-refractivity contribution < 1.29 is 0 Å². The third-order valence-corrected chi connectivity index (χ3v) is 28.8. The van der Waals surface area contributed by atoms with Gasteiger partial charge in [0.05, 0.1) is 0 Å². The van der Waals surface area contributed by atoms with Gasteiger partial charge in [-0.05, 0) is 46.5 Å². The van der Waals surface area contributed by atoms with Gasteiger partial charge in [0.2, 0.25) is 0 Å². The topological polar surface area (TPSA) is 6.48 Å². The van der Waals surface area contributed by atoms with Crippen molar-refractivity contribution in [3.05, 3.63) is 313 Å². The van der Waals surface area contributed by atoms with E-state index in [9.17, 15) is 0 Å². The molecule has 15 aromatic carbocycles. The van der Waals surface area contributed by atoms with E-state index in [2.05, 4.69) is 329 Å². The molecule has 2 nitrogen and oxygen atoms in total. The molecule has 0 aliphatic carbocycles. The quantitative estimate of drug-likeness (QED) is 0.121. The zero-order valence-electron chi connectivity index (χ0n) is 54.2. The molecule has 462 valence electrons. The van der Waals surface area contributed by atoms with Gasteiger partial charge in [0.1, 0.15) is 0 Å². The number of fused-ring (bicyclic) bond motifs is 18. The van der Waals surface area contributed by atoms with E-state index in [0.717, 1.165) is 11.4 Å². The Balaban J connectivity index is 0.879. The van der Waals surface area contributed by atoms with Crippen LogP contribution in [0.2, 0.25) is 0 Å². The summed E-state index contributed by atoms with van der Waals surface area (Å²) in [4.78, 5) is 5.23. The first-order chi connectivity index (χ1) is 48.1. The molecular formula is C92H60N2S2Se2. The van der Waals surface area contributed by atoms with E-state index in [-0.39, 0.29) is 39.8 Å². The van der Waals surface area contributed by atoms with Gasteiger partial charge in [0.15, 0.2) is 0 Å². The molecule has 2 aliphatic rings. The molecule has 0 saturated heterocycles. The van der Waals surface area contributed by atoms with Gasteiger partial charge < -0.3 is 0 Å². The van der Waals surface area contributed by atoms with E-state index in [4.69, 9.17) is 0 Å².